The minimum Gasteiger partial charge on any atom is -0.497 e. The Hall–Kier alpha value is -1.02. The van der Waals surface area contributed by atoms with Gasteiger partial charge in [-0.15, -0.1) is 0 Å². The van der Waals surface area contributed by atoms with Crippen LogP contribution in [0.15, 0.2) is 24.3 Å². The third-order valence-electron chi connectivity index (χ3n) is 2.93. The van der Waals surface area contributed by atoms with Crippen molar-refractivity contribution in [3.05, 3.63) is 29.8 Å². The van der Waals surface area contributed by atoms with Gasteiger partial charge >= 0.3 is 0 Å². The third kappa shape index (κ3) is 5.73. The van der Waals surface area contributed by atoms with Crippen molar-refractivity contribution in [1.82, 2.24) is 5.32 Å². The zero-order valence-electron chi connectivity index (χ0n) is 11.5. The maximum atomic E-state index is 5.23. The van der Waals surface area contributed by atoms with E-state index in [0.717, 1.165) is 18.7 Å². The molecule has 0 aliphatic carbocycles. The molecule has 1 aromatic rings. The molecule has 0 heterocycles. The number of nitrogens with one attached hydrogen (secondary N) is 1. The SMILES string of the molecule is COc1cccc(CCC(C)CNC(C)C)c1. The van der Waals surface area contributed by atoms with Gasteiger partial charge in [0.15, 0.2) is 0 Å². The summed E-state index contributed by atoms with van der Waals surface area (Å²) in [7, 11) is 1.72. The van der Waals surface area contributed by atoms with Crippen molar-refractivity contribution in [3.8, 4) is 5.75 Å². The van der Waals surface area contributed by atoms with Crippen molar-refractivity contribution < 1.29 is 4.74 Å². The summed E-state index contributed by atoms with van der Waals surface area (Å²) in [6.07, 6.45) is 2.34. The fourth-order valence-corrected chi connectivity index (χ4v) is 1.78. The van der Waals surface area contributed by atoms with Crippen molar-refractivity contribution in [1.29, 1.82) is 0 Å². The monoisotopic (exact) mass is 235 g/mol. The fraction of sp³-hybridized carbons (Fsp3) is 0.600. The molecule has 1 rings (SSSR count). The summed E-state index contributed by atoms with van der Waals surface area (Å²) >= 11 is 0. The van der Waals surface area contributed by atoms with Gasteiger partial charge in [-0.05, 0) is 43.0 Å². The normalized spacial score (nSPS) is 12.8. The van der Waals surface area contributed by atoms with Crippen LogP contribution in [0.2, 0.25) is 0 Å². The maximum Gasteiger partial charge on any atom is 0.119 e. The Balaban J connectivity index is 2.33. The highest BCUT2D eigenvalue weighted by molar-refractivity contribution is 5.28. The number of rotatable bonds is 7. The van der Waals surface area contributed by atoms with Crippen LogP contribution in [0.3, 0.4) is 0 Å². The highest BCUT2D eigenvalue weighted by Gasteiger charge is 2.04. The minimum absolute atomic E-state index is 0.578. The lowest BCUT2D eigenvalue weighted by Crippen LogP contribution is -2.28. The highest BCUT2D eigenvalue weighted by Crippen LogP contribution is 2.15. The molecule has 0 saturated heterocycles. The first kappa shape index (κ1) is 14.0. The first-order chi connectivity index (χ1) is 8.11. The summed E-state index contributed by atoms with van der Waals surface area (Å²) in [5, 5.41) is 3.48. The van der Waals surface area contributed by atoms with Crippen LogP contribution in [0.1, 0.15) is 32.8 Å². The van der Waals surface area contributed by atoms with E-state index < -0.39 is 0 Å². The summed E-state index contributed by atoms with van der Waals surface area (Å²) in [5.74, 6) is 1.67. The Morgan fingerprint density at radius 1 is 1.24 bits per heavy atom. The summed E-state index contributed by atoms with van der Waals surface area (Å²) in [4.78, 5) is 0. The Morgan fingerprint density at radius 3 is 2.65 bits per heavy atom. The molecule has 1 N–H and O–H groups in total. The Kier molecular flexibility index (Phi) is 6.06. The molecule has 0 radical (unpaired) electrons. The van der Waals surface area contributed by atoms with Gasteiger partial charge in [-0.25, -0.2) is 0 Å². The second kappa shape index (κ2) is 7.33. The number of hydrogen-bond donors (Lipinski definition) is 1. The average molecular weight is 235 g/mol. The van der Waals surface area contributed by atoms with E-state index in [1.165, 1.54) is 12.0 Å². The molecule has 96 valence electrons. The fourth-order valence-electron chi connectivity index (χ4n) is 1.78. The van der Waals surface area contributed by atoms with Crippen LogP contribution in [-0.4, -0.2) is 19.7 Å². The van der Waals surface area contributed by atoms with Crippen molar-refractivity contribution in [2.75, 3.05) is 13.7 Å². The van der Waals surface area contributed by atoms with Crippen molar-refractivity contribution in [3.63, 3.8) is 0 Å². The van der Waals surface area contributed by atoms with Gasteiger partial charge in [0.25, 0.3) is 0 Å². The maximum absolute atomic E-state index is 5.23. The zero-order valence-corrected chi connectivity index (χ0v) is 11.5. The number of benzene rings is 1. The Bertz CT molecular complexity index is 322. The van der Waals surface area contributed by atoms with Gasteiger partial charge in [0.05, 0.1) is 7.11 Å². The van der Waals surface area contributed by atoms with Crippen molar-refractivity contribution in [2.24, 2.45) is 5.92 Å². The van der Waals surface area contributed by atoms with E-state index in [1.54, 1.807) is 7.11 Å². The molecule has 17 heavy (non-hydrogen) atoms. The van der Waals surface area contributed by atoms with Gasteiger partial charge in [-0.2, -0.15) is 0 Å². The Labute approximate surface area is 105 Å². The van der Waals surface area contributed by atoms with E-state index in [-0.39, 0.29) is 0 Å². The first-order valence-corrected chi connectivity index (χ1v) is 6.48. The molecule has 1 aromatic carbocycles. The largest absolute Gasteiger partial charge is 0.497 e. The lowest BCUT2D eigenvalue weighted by atomic mass is 10.0. The molecule has 0 aromatic heterocycles. The summed E-state index contributed by atoms with van der Waals surface area (Å²) < 4.78 is 5.23. The molecule has 0 saturated carbocycles. The van der Waals surface area contributed by atoms with Crippen LogP contribution >= 0.6 is 0 Å². The lowest BCUT2D eigenvalue weighted by molar-refractivity contribution is 0.413. The topological polar surface area (TPSA) is 21.3 Å². The summed E-state index contributed by atoms with van der Waals surface area (Å²) in [5.41, 5.74) is 1.36. The van der Waals surface area contributed by atoms with Crippen LogP contribution in [0.4, 0.5) is 0 Å². The molecule has 2 heteroatoms. The molecule has 1 unspecified atom stereocenters. The second-order valence-electron chi connectivity index (χ2n) is 5.06. The molecule has 0 aliphatic heterocycles. The van der Waals surface area contributed by atoms with Crippen LogP contribution < -0.4 is 10.1 Å². The van der Waals surface area contributed by atoms with Crippen LogP contribution in [0, 0.1) is 5.92 Å². The van der Waals surface area contributed by atoms with E-state index >= 15 is 0 Å². The standard InChI is InChI=1S/C15H25NO/c1-12(2)16-11-13(3)8-9-14-6-5-7-15(10-14)17-4/h5-7,10,12-13,16H,8-9,11H2,1-4H3. The van der Waals surface area contributed by atoms with E-state index in [0.29, 0.717) is 12.0 Å². The van der Waals surface area contributed by atoms with Crippen LogP contribution in [-0.2, 0) is 6.42 Å². The van der Waals surface area contributed by atoms with Gasteiger partial charge in [-0.3, -0.25) is 0 Å². The molecular formula is C15H25NO. The molecule has 1 atom stereocenters. The average Bonchev–Trinajstić information content (AvgIpc) is 2.34. The van der Waals surface area contributed by atoms with Crippen molar-refractivity contribution >= 4 is 0 Å². The molecular weight excluding hydrogens is 210 g/mol. The number of hydrogen-bond acceptors (Lipinski definition) is 2. The molecule has 2 nitrogen and oxygen atoms in total. The predicted molar refractivity (Wildman–Crippen MR) is 73.6 cm³/mol. The van der Waals surface area contributed by atoms with Crippen LogP contribution in [0.5, 0.6) is 5.75 Å². The van der Waals surface area contributed by atoms with Gasteiger partial charge in [0.2, 0.25) is 0 Å². The molecule has 0 bridgehead atoms. The van der Waals surface area contributed by atoms with Crippen molar-refractivity contribution in [2.45, 2.75) is 39.7 Å². The smallest absolute Gasteiger partial charge is 0.119 e. The predicted octanol–water partition coefficient (Wildman–Crippen LogP) is 3.26. The Morgan fingerprint density at radius 2 is 2.00 bits per heavy atom. The molecule has 0 fully saturated rings. The van der Waals surface area contributed by atoms with Gasteiger partial charge in [-0.1, -0.05) is 32.9 Å². The van der Waals surface area contributed by atoms with Gasteiger partial charge in [0, 0.05) is 6.04 Å². The minimum atomic E-state index is 0.578. The lowest BCUT2D eigenvalue weighted by Gasteiger charge is -2.14. The molecule has 0 aliphatic rings. The summed E-state index contributed by atoms with van der Waals surface area (Å²) in [6, 6.07) is 8.93. The molecule has 0 amide bonds. The van der Waals surface area contributed by atoms with Gasteiger partial charge < -0.3 is 10.1 Å². The quantitative estimate of drug-likeness (QED) is 0.783. The second-order valence-corrected chi connectivity index (χ2v) is 5.06. The van der Waals surface area contributed by atoms with Crippen LogP contribution in [0.25, 0.3) is 0 Å². The first-order valence-electron chi connectivity index (χ1n) is 6.48. The number of methoxy groups -OCH3 is 1. The van der Waals surface area contributed by atoms with E-state index in [9.17, 15) is 0 Å². The molecule has 0 spiro atoms. The van der Waals surface area contributed by atoms with E-state index in [1.807, 2.05) is 6.07 Å². The zero-order chi connectivity index (χ0) is 12.7. The highest BCUT2D eigenvalue weighted by atomic mass is 16.5. The van der Waals surface area contributed by atoms with E-state index in [4.69, 9.17) is 4.74 Å². The number of aryl methyl sites for hydroxylation is 1. The summed E-state index contributed by atoms with van der Waals surface area (Å²) in [6.45, 7) is 7.78. The number of ether oxygens (including phenoxy) is 1. The van der Waals surface area contributed by atoms with E-state index in [2.05, 4.69) is 44.3 Å². The third-order valence-corrected chi connectivity index (χ3v) is 2.93. The van der Waals surface area contributed by atoms with Gasteiger partial charge in [0.1, 0.15) is 5.75 Å².